The van der Waals surface area contributed by atoms with Crippen molar-refractivity contribution in [3.05, 3.63) is 40.2 Å². The smallest absolute Gasteiger partial charge is 0.199 e. The van der Waals surface area contributed by atoms with Crippen molar-refractivity contribution in [2.24, 2.45) is 0 Å². The first-order valence-corrected chi connectivity index (χ1v) is 6.63. The summed E-state index contributed by atoms with van der Waals surface area (Å²) < 4.78 is 24.1. The van der Waals surface area contributed by atoms with E-state index in [0.717, 1.165) is 9.88 Å². The Labute approximate surface area is 97.5 Å². The van der Waals surface area contributed by atoms with Gasteiger partial charge < -0.3 is 5.11 Å². The molecule has 0 fully saturated rings. The number of hydrogen-bond acceptors (Lipinski definition) is 3. The van der Waals surface area contributed by atoms with E-state index in [2.05, 4.69) is 15.9 Å². The van der Waals surface area contributed by atoms with Gasteiger partial charge >= 0.3 is 0 Å². The lowest BCUT2D eigenvalue weighted by molar-refractivity contribution is 0.244. The highest BCUT2D eigenvalue weighted by Gasteiger charge is 2.09. The largest absolute Gasteiger partial charge is 0.389 e. The fourth-order valence-corrected chi connectivity index (χ4v) is 2.29. The minimum absolute atomic E-state index is 0.211. The highest BCUT2D eigenvalue weighted by molar-refractivity contribution is 9.10. The lowest BCUT2D eigenvalue weighted by Gasteiger charge is -1.99. The van der Waals surface area contributed by atoms with E-state index in [1.807, 2.05) is 0 Å². The normalized spacial score (nSPS) is 14.3. The van der Waals surface area contributed by atoms with Crippen molar-refractivity contribution in [2.45, 2.75) is 17.9 Å². The highest BCUT2D eigenvalue weighted by Crippen LogP contribution is 2.16. The van der Waals surface area contributed by atoms with E-state index in [1.165, 1.54) is 25.1 Å². The van der Waals surface area contributed by atoms with Crippen molar-refractivity contribution in [2.75, 3.05) is 0 Å². The Kier molecular flexibility index (Phi) is 4.07. The second kappa shape index (κ2) is 4.92. The molecule has 0 spiro atoms. The first kappa shape index (κ1) is 12.4. The number of rotatable bonds is 3. The summed E-state index contributed by atoms with van der Waals surface area (Å²) in [6, 6.07) is 6.32. The van der Waals surface area contributed by atoms with E-state index in [9.17, 15) is 8.42 Å². The van der Waals surface area contributed by atoms with Gasteiger partial charge in [-0.05, 0) is 37.3 Å². The Balaban J connectivity index is 3.02. The SMILES string of the molecule is C[C@H](O)/C=C\S(=O)(=O)c1ccc(Br)cc1. The topological polar surface area (TPSA) is 54.4 Å². The maximum Gasteiger partial charge on any atom is 0.199 e. The monoisotopic (exact) mass is 290 g/mol. The van der Waals surface area contributed by atoms with Crippen molar-refractivity contribution in [1.29, 1.82) is 0 Å². The summed E-state index contributed by atoms with van der Waals surface area (Å²) in [7, 11) is -3.43. The summed E-state index contributed by atoms with van der Waals surface area (Å²) in [6.07, 6.45) is 0.465. The summed E-state index contributed by atoms with van der Waals surface area (Å²) in [5, 5.41) is 9.96. The molecule has 1 aromatic rings. The summed E-state index contributed by atoms with van der Waals surface area (Å²) in [5.74, 6) is 0. The average Bonchev–Trinajstić information content (AvgIpc) is 2.16. The van der Waals surface area contributed by atoms with Crippen LogP contribution in [0, 0.1) is 0 Å². The van der Waals surface area contributed by atoms with Gasteiger partial charge in [0.25, 0.3) is 0 Å². The molecular formula is C10H11BrO3S. The molecule has 0 heterocycles. The lowest BCUT2D eigenvalue weighted by Crippen LogP contribution is -1.99. The number of aliphatic hydroxyl groups excluding tert-OH is 1. The van der Waals surface area contributed by atoms with Crippen LogP contribution in [0.5, 0.6) is 0 Å². The average molecular weight is 291 g/mol. The second-order valence-corrected chi connectivity index (χ2v) is 5.82. The number of benzene rings is 1. The summed E-state index contributed by atoms with van der Waals surface area (Å²) in [6.45, 7) is 1.49. The molecule has 82 valence electrons. The Morgan fingerprint density at radius 1 is 1.33 bits per heavy atom. The first-order valence-electron chi connectivity index (χ1n) is 4.29. The summed E-state index contributed by atoms with van der Waals surface area (Å²) in [4.78, 5) is 0.211. The Morgan fingerprint density at radius 3 is 2.33 bits per heavy atom. The molecule has 0 saturated heterocycles. The first-order chi connectivity index (χ1) is 6.92. The van der Waals surface area contributed by atoms with Crippen LogP contribution < -0.4 is 0 Å². The van der Waals surface area contributed by atoms with Crippen LogP contribution in [0.25, 0.3) is 0 Å². The van der Waals surface area contributed by atoms with E-state index in [4.69, 9.17) is 5.11 Å². The number of halogens is 1. The third kappa shape index (κ3) is 3.77. The van der Waals surface area contributed by atoms with Gasteiger partial charge in [-0.2, -0.15) is 0 Å². The zero-order chi connectivity index (χ0) is 11.5. The predicted molar refractivity (Wildman–Crippen MR) is 62.1 cm³/mol. The van der Waals surface area contributed by atoms with Crippen LogP contribution in [0.4, 0.5) is 0 Å². The van der Waals surface area contributed by atoms with Crippen LogP contribution >= 0.6 is 15.9 Å². The van der Waals surface area contributed by atoms with Crippen molar-refractivity contribution >= 4 is 25.8 Å². The fraction of sp³-hybridized carbons (Fsp3) is 0.200. The van der Waals surface area contributed by atoms with E-state index in [-0.39, 0.29) is 4.90 Å². The molecule has 0 radical (unpaired) electrons. The Morgan fingerprint density at radius 2 is 1.87 bits per heavy atom. The van der Waals surface area contributed by atoms with E-state index < -0.39 is 15.9 Å². The Hall–Kier alpha value is -0.650. The lowest BCUT2D eigenvalue weighted by atomic mass is 10.4. The van der Waals surface area contributed by atoms with Gasteiger partial charge in [-0.25, -0.2) is 8.42 Å². The fourth-order valence-electron chi connectivity index (χ4n) is 0.920. The van der Waals surface area contributed by atoms with Gasteiger partial charge in [-0.3, -0.25) is 0 Å². The maximum atomic E-state index is 11.6. The Bertz CT molecular complexity index is 446. The third-order valence-corrected chi connectivity index (χ3v) is 3.65. The second-order valence-electron chi connectivity index (χ2n) is 3.07. The molecule has 0 aliphatic heterocycles. The molecule has 15 heavy (non-hydrogen) atoms. The minimum atomic E-state index is -3.43. The molecule has 1 aromatic carbocycles. The quantitative estimate of drug-likeness (QED) is 0.928. The summed E-state index contributed by atoms with van der Waals surface area (Å²) in [5.41, 5.74) is 0. The molecule has 0 amide bonds. The van der Waals surface area contributed by atoms with Crippen molar-refractivity contribution in [3.63, 3.8) is 0 Å². The van der Waals surface area contributed by atoms with Crippen LogP contribution in [-0.2, 0) is 9.84 Å². The molecule has 0 aromatic heterocycles. The molecule has 1 rings (SSSR count). The molecule has 0 bridgehead atoms. The van der Waals surface area contributed by atoms with E-state index >= 15 is 0 Å². The number of sulfone groups is 1. The molecule has 0 aliphatic carbocycles. The van der Waals surface area contributed by atoms with Gasteiger partial charge in [0, 0.05) is 9.88 Å². The highest BCUT2D eigenvalue weighted by atomic mass is 79.9. The zero-order valence-corrected chi connectivity index (χ0v) is 10.5. The maximum absolute atomic E-state index is 11.6. The molecule has 1 atom stereocenters. The van der Waals surface area contributed by atoms with Gasteiger partial charge in [-0.1, -0.05) is 15.9 Å². The van der Waals surface area contributed by atoms with Gasteiger partial charge in [0.1, 0.15) is 0 Å². The van der Waals surface area contributed by atoms with E-state index in [0.29, 0.717) is 0 Å². The van der Waals surface area contributed by atoms with Gasteiger partial charge in [0.15, 0.2) is 9.84 Å². The van der Waals surface area contributed by atoms with Crippen molar-refractivity contribution in [1.82, 2.24) is 0 Å². The molecule has 0 saturated carbocycles. The molecule has 0 unspecified atom stereocenters. The zero-order valence-electron chi connectivity index (χ0n) is 8.09. The number of hydrogen-bond donors (Lipinski definition) is 1. The molecule has 5 heteroatoms. The van der Waals surface area contributed by atoms with Gasteiger partial charge in [0.05, 0.1) is 11.0 Å². The molecule has 0 aliphatic rings. The molecular weight excluding hydrogens is 280 g/mol. The van der Waals surface area contributed by atoms with Crippen LogP contribution in [0.2, 0.25) is 0 Å². The molecule has 1 N–H and O–H groups in total. The molecule has 3 nitrogen and oxygen atoms in total. The number of aliphatic hydroxyl groups is 1. The van der Waals surface area contributed by atoms with Crippen LogP contribution in [0.15, 0.2) is 45.1 Å². The minimum Gasteiger partial charge on any atom is -0.389 e. The van der Waals surface area contributed by atoms with Gasteiger partial charge in [0.2, 0.25) is 0 Å². The summed E-state index contributed by atoms with van der Waals surface area (Å²) >= 11 is 3.22. The standard InChI is InChI=1S/C10H11BrO3S/c1-8(12)6-7-15(13,14)10-4-2-9(11)3-5-10/h2-8,12H,1H3/b7-6-/t8-/m0/s1. The van der Waals surface area contributed by atoms with Crippen molar-refractivity contribution in [3.8, 4) is 0 Å². The van der Waals surface area contributed by atoms with Crippen LogP contribution in [0.3, 0.4) is 0 Å². The third-order valence-electron chi connectivity index (χ3n) is 1.68. The van der Waals surface area contributed by atoms with Crippen molar-refractivity contribution < 1.29 is 13.5 Å². The van der Waals surface area contributed by atoms with E-state index in [1.54, 1.807) is 12.1 Å². The van der Waals surface area contributed by atoms with Gasteiger partial charge in [-0.15, -0.1) is 0 Å². The van der Waals surface area contributed by atoms with Crippen LogP contribution in [0.1, 0.15) is 6.92 Å². The van der Waals surface area contributed by atoms with Crippen LogP contribution in [-0.4, -0.2) is 19.6 Å². The predicted octanol–water partition coefficient (Wildman–Crippen LogP) is 2.12.